The van der Waals surface area contributed by atoms with Crippen LogP contribution < -0.4 is 10.6 Å². The standard InChI is InChI=1S/C18H26N2O4/c21-17(20-15-2-1-3-16-14(15)6-9-22-16)19-12-13-4-7-18(8-5-13)23-10-11-24-18/h6,9,13,15H,1-5,7-8,10-12H2,(H2,19,20,21)/t15-/m1/s1. The number of furan rings is 1. The zero-order valence-corrected chi connectivity index (χ0v) is 14.0. The van der Waals surface area contributed by atoms with Crippen LogP contribution in [0.2, 0.25) is 0 Å². The first-order valence-corrected chi connectivity index (χ1v) is 9.13. The van der Waals surface area contributed by atoms with E-state index in [2.05, 4.69) is 10.6 Å². The largest absolute Gasteiger partial charge is 0.469 e. The highest BCUT2D eigenvalue weighted by Gasteiger charge is 2.40. The van der Waals surface area contributed by atoms with Crippen LogP contribution in [0.1, 0.15) is 55.9 Å². The quantitative estimate of drug-likeness (QED) is 0.891. The minimum atomic E-state index is -0.321. The topological polar surface area (TPSA) is 72.7 Å². The third-order valence-electron chi connectivity index (χ3n) is 5.59. The number of rotatable bonds is 3. The lowest BCUT2D eigenvalue weighted by Crippen LogP contribution is -2.43. The number of ether oxygens (including phenoxy) is 2. The summed E-state index contributed by atoms with van der Waals surface area (Å²) in [5, 5.41) is 6.13. The number of fused-ring (bicyclic) bond motifs is 1. The number of carbonyl (C=O) groups excluding carboxylic acids is 1. The van der Waals surface area contributed by atoms with Gasteiger partial charge < -0.3 is 24.5 Å². The summed E-state index contributed by atoms with van der Waals surface area (Å²) in [6.45, 7) is 2.14. The molecule has 0 aromatic carbocycles. The lowest BCUT2D eigenvalue weighted by atomic mass is 9.85. The molecule has 1 aromatic rings. The van der Waals surface area contributed by atoms with Gasteiger partial charge in [0.15, 0.2) is 5.79 Å². The number of carbonyl (C=O) groups is 1. The molecule has 2 amide bonds. The molecular weight excluding hydrogens is 308 g/mol. The molecule has 4 rings (SSSR count). The second-order valence-corrected chi connectivity index (χ2v) is 7.15. The van der Waals surface area contributed by atoms with Crippen LogP contribution in [-0.2, 0) is 15.9 Å². The van der Waals surface area contributed by atoms with E-state index in [0.29, 0.717) is 25.7 Å². The summed E-state index contributed by atoms with van der Waals surface area (Å²) >= 11 is 0. The molecule has 1 saturated heterocycles. The average Bonchev–Trinajstić information content (AvgIpc) is 3.25. The Kier molecular flexibility index (Phi) is 4.50. The van der Waals surface area contributed by atoms with Gasteiger partial charge in [-0.1, -0.05) is 0 Å². The smallest absolute Gasteiger partial charge is 0.315 e. The van der Waals surface area contributed by atoms with Crippen LogP contribution in [0.3, 0.4) is 0 Å². The minimum Gasteiger partial charge on any atom is -0.469 e. The maximum absolute atomic E-state index is 12.2. The third kappa shape index (κ3) is 3.30. The molecule has 2 fully saturated rings. The zero-order valence-electron chi connectivity index (χ0n) is 14.0. The molecule has 24 heavy (non-hydrogen) atoms. The molecule has 1 atom stereocenters. The average molecular weight is 334 g/mol. The Morgan fingerprint density at radius 1 is 1.21 bits per heavy atom. The van der Waals surface area contributed by atoms with E-state index in [1.54, 1.807) is 6.26 Å². The molecule has 0 radical (unpaired) electrons. The van der Waals surface area contributed by atoms with Crippen LogP contribution in [0.15, 0.2) is 16.7 Å². The predicted molar refractivity (Wildman–Crippen MR) is 87.5 cm³/mol. The first kappa shape index (κ1) is 16.0. The molecular formula is C18H26N2O4. The summed E-state index contributed by atoms with van der Waals surface area (Å²) in [7, 11) is 0. The second-order valence-electron chi connectivity index (χ2n) is 7.15. The van der Waals surface area contributed by atoms with Crippen molar-refractivity contribution in [1.29, 1.82) is 0 Å². The maximum Gasteiger partial charge on any atom is 0.315 e. The van der Waals surface area contributed by atoms with Gasteiger partial charge >= 0.3 is 6.03 Å². The summed E-state index contributed by atoms with van der Waals surface area (Å²) in [4.78, 5) is 12.2. The number of hydrogen-bond donors (Lipinski definition) is 2. The van der Waals surface area contributed by atoms with Gasteiger partial charge in [-0.3, -0.25) is 0 Å². The summed E-state index contributed by atoms with van der Waals surface area (Å²) < 4.78 is 17.0. The molecule has 2 heterocycles. The van der Waals surface area contributed by atoms with Crippen molar-refractivity contribution in [2.24, 2.45) is 5.92 Å². The van der Waals surface area contributed by atoms with Gasteiger partial charge in [-0.25, -0.2) is 4.79 Å². The van der Waals surface area contributed by atoms with Crippen molar-refractivity contribution >= 4 is 6.03 Å². The Labute approximate surface area is 142 Å². The Hall–Kier alpha value is -1.53. The van der Waals surface area contributed by atoms with Crippen molar-refractivity contribution in [3.8, 4) is 0 Å². The van der Waals surface area contributed by atoms with E-state index < -0.39 is 0 Å². The molecule has 0 unspecified atom stereocenters. The van der Waals surface area contributed by atoms with Gasteiger partial charge in [0.1, 0.15) is 5.76 Å². The molecule has 1 spiro atoms. The van der Waals surface area contributed by atoms with Crippen molar-refractivity contribution in [3.63, 3.8) is 0 Å². The van der Waals surface area contributed by atoms with Crippen LogP contribution in [0.4, 0.5) is 4.79 Å². The fourth-order valence-corrected chi connectivity index (χ4v) is 4.19. The van der Waals surface area contributed by atoms with E-state index in [4.69, 9.17) is 13.9 Å². The van der Waals surface area contributed by atoms with E-state index in [0.717, 1.165) is 56.3 Å². The zero-order chi connectivity index (χ0) is 16.4. The highest BCUT2D eigenvalue weighted by Crippen LogP contribution is 2.38. The maximum atomic E-state index is 12.2. The minimum absolute atomic E-state index is 0.0717. The van der Waals surface area contributed by atoms with E-state index in [9.17, 15) is 4.79 Å². The first-order chi connectivity index (χ1) is 11.7. The monoisotopic (exact) mass is 334 g/mol. The molecule has 3 aliphatic rings. The molecule has 1 saturated carbocycles. The van der Waals surface area contributed by atoms with E-state index >= 15 is 0 Å². The molecule has 6 nitrogen and oxygen atoms in total. The molecule has 1 aliphatic heterocycles. The predicted octanol–water partition coefficient (Wildman–Crippen LogP) is 2.89. The van der Waals surface area contributed by atoms with Crippen molar-refractivity contribution < 1.29 is 18.7 Å². The Morgan fingerprint density at radius 3 is 2.79 bits per heavy atom. The van der Waals surface area contributed by atoms with Crippen molar-refractivity contribution in [2.45, 2.75) is 56.8 Å². The van der Waals surface area contributed by atoms with Crippen LogP contribution in [-0.4, -0.2) is 31.6 Å². The van der Waals surface area contributed by atoms with Gasteiger partial charge in [0.05, 0.1) is 25.5 Å². The number of urea groups is 1. The van der Waals surface area contributed by atoms with Crippen LogP contribution in [0.25, 0.3) is 0 Å². The van der Waals surface area contributed by atoms with Gasteiger partial charge in [-0.2, -0.15) is 0 Å². The number of amides is 2. The van der Waals surface area contributed by atoms with Gasteiger partial charge in [0, 0.05) is 31.4 Å². The lowest BCUT2D eigenvalue weighted by molar-refractivity contribution is -0.182. The van der Waals surface area contributed by atoms with Gasteiger partial charge in [0.2, 0.25) is 0 Å². The fraction of sp³-hybridized carbons (Fsp3) is 0.722. The highest BCUT2D eigenvalue weighted by atomic mass is 16.7. The molecule has 132 valence electrons. The Balaban J connectivity index is 1.22. The molecule has 1 aromatic heterocycles. The number of nitrogens with one attached hydrogen (secondary N) is 2. The summed E-state index contributed by atoms with van der Waals surface area (Å²) in [6.07, 6.45) is 8.65. The van der Waals surface area contributed by atoms with Crippen molar-refractivity contribution in [1.82, 2.24) is 10.6 Å². The fourth-order valence-electron chi connectivity index (χ4n) is 4.19. The third-order valence-corrected chi connectivity index (χ3v) is 5.59. The van der Waals surface area contributed by atoms with Gasteiger partial charge in [-0.05, 0) is 37.7 Å². The second kappa shape index (κ2) is 6.76. The van der Waals surface area contributed by atoms with E-state index in [1.807, 2.05) is 6.07 Å². The normalized spacial score (nSPS) is 26.2. The molecule has 0 bridgehead atoms. The van der Waals surface area contributed by atoms with Gasteiger partial charge in [-0.15, -0.1) is 0 Å². The summed E-state index contributed by atoms with van der Waals surface area (Å²) in [5.41, 5.74) is 1.13. The Bertz CT molecular complexity index is 569. The molecule has 6 heteroatoms. The van der Waals surface area contributed by atoms with Crippen LogP contribution in [0.5, 0.6) is 0 Å². The molecule has 2 N–H and O–H groups in total. The lowest BCUT2D eigenvalue weighted by Gasteiger charge is -2.35. The Morgan fingerprint density at radius 2 is 2.00 bits per heavy atom. The van der Waals surface area contributed by atoms with E-state index in [1.165, 1.54) is 0 Å². The summed E-state index contributed by atoms with van der Waals surface area (Å²) in [6, 6.07) is 1.96. The molecule has 2 aliphatic carbocycles. The van der Waals surface area contributed by atoms with E-state index in [-0.39, 0.29) is 17.9 Å². The first-order valence-electron chi connectivity index (χ1n) is 9.13. The number of hydrogen-bond acceptors (Lipinski definition) is 4. The summed E-state index contributed by atoms with van der Waals surface area (Å²) in [5.74, 6) is 1.20. The van der Waals surface area contributed by atoms with Crippen LogP contribution in [0, 0.1) is 5.92 Å². The highest BCUT2D eigenvalue weighted by molar-refractivity contribution is 5.74. The number of aryl methyl sites for hydroxylation is 1. The van der Waals surface area contributed by atoms with Gasteiger partial charge in [0.25, 0.3) is 0 Å². The van der Waals surface area contributed by atoms with Crippen molar-refractivity contribution in [3.05, 3.63) is 23.7 Å². The van der Waals surface area contributed by atoms with Crippen molar-refractivity contribution in [2.75, 3.05) is 19.8 Å². The SMILES string of the molecule is O=C(NCC1CCC2(CC1)OCCO2)N[C@@H]1CCCc2occc21. The van der Waals surface area contributed by atoms with Crippen LogP contribution >= 0.6 is 0 Å².